The molecule has 1 aromatic carbocycles. The molecule has 0 saturated heterocycles. The Balaban J connectivity index is 2.03. The van der Waals surface area contributed by atoms with E-state index in [-0.39, 0.29) is 12.2 Å². The number of aromatic nitrogens is 2. The number of hydrogen-bond donors (Lipinski definition) is 1. The van der Waals surface area contributed by atoms with Crippen LogP contribution in [-0.4, -0.2) is 37.4 Å². The summed E-state index contributed by atoms with van der Waals surface area (Å²) in [6.07, 6.45) is 5.64. The first-order chi connectivity index (χ1) is 16.4. The number of halogens is 2. The predicted molar refractivity (Wildman–Crippen MR) is 133 cm³/mol. The topological polar surface area (TPSA) is 65.6 Å². The molecule has 3 rings (SSSR count). The van der Waals surface area contributed by atoms with Crippen LogP contribution in [0.4, 0.5) is 4.39 Å². The van der Waals surface area contributed by atoms with Crippen molar-refractivity contribution in [2.45, 2.75) is 20.0 Å². The van der Waals surface area contributed by atoms with E-state index in [0.717, 1.165) is 16.5 Å². The lowest BCUT2D eigenvalue weighted by Crippen LogP contribution is -2.09. The summed E-state index contributed by atoms with van der Waals surface area (Å²) in [7, 11) is 3.21. The molecule has 34 heavy (non-hydrogen) atoms. The second-order valence-corrected chi connectivity index (χ2v) is 7.93. The summed E-state index contributed by atoms with van der Waals surface area (Å²) in [5, 5.41) is 1.18. The Hall–Kier alpha value is -3.29. The third-order valence-corrected chi connectivity index (χ3v) is 5.24. The van der Waals surface area contributed by atoms with Crippen LogP contribution in [0.1, 0.15) is 31.1 Å². The molecule has 2 aromatic heterocycles. The SMILES string of the molecule is C=C/C(COc1cccc(C(OC)c2c[nH]c3ncc(OC)cc23)c1OCC)=C(F)\C=C(/C)Cl. The lowest BCUT2D eigenvalue weighted by molar-refractivity contribution is 0.133. The molecule has 8 heteroatoms. The maximum Gasteiger partial charge on any atom is 0.167 e. The molecule has 180 valence electrons. The number of nitrogens with one attached hydrogen (secondary N) is 1. The van der Waals surface area contributed by atoms with Crippen LogP contribution < -0.4 is 14.2 Å². The van der Waals surface area contributed by atoms with Crippen molar-refractivity contribution < 1.29 is 23.3 Å². The average Bonchev–Trinajstić information content (AvgIpc) is 3.24. The number of H-pyrrole nitrogens is 1. The van der Waals surface area contributed by atoms with Crippen molar-refractivity contribution in [3.8, 4) is 17.2 Å². The maximum absolute atomic E-state index is 14.4. The minimum atomic E-state index is -0.508. The summed E-state index contributed by atoms with van der Waals surface area (Å²) < 4.78 is 37.6. The van der Waals surface area contributed by atoms with Crippen LogP contribution in [0.5, 0.6) is 17.2 Å². The quantitative estimate of drug-likeness (QED) is 0.308. The van der Waals surface area contributed by atoms with Crippen LogP contribution in [0.15, 0.2) is 71.8 Å². The number of ether oxygens (including phenoxy) is 4. The van der Waals surface area contributed by atoms with Gasteiger partial charge in [0, 0.05) is 40.4 Å². The Kier molecular flexibility index (Phi) is 8.73. The lowest BCUT2D eigenvalue weighted by atomic mass is 10.00. The van der Waals surface area contributed by atoms with E-state index in [4.69, 9.17) is 30.5 Å². The molecule has 6 nitrogen and oxygen atoms in total. The van der Waals surface area contributed by atoms with E-state index < -0.39 is 11.9 Å². The van der Waals surface area contributed by atoms with Gasteiger partial charge in [-0.3, -0.25) is 0 Å². The fourth-order valence-electron chi connectivity index (χ4n) is 3.55. The average molecular weight is 487 g/mol. The summed E-state index contributed by atoms with van der Waals surface area (Å²) in [5.41, 5.74) is 2.60. The summed E-state index contributed by atoms with van der Waals surface area (Å²) >= 11 is 5.80. The zero-order chi connectivity index (χ0) is 24.7. The Morgan fingerprint density at radius 1 is 1.26 bits per heavy atom. The summed E-state index contributed by atoms with van der Waals surface area (Å²) in [6, 6.07) is 7.41. The molecule has 0 bridgehead atoms. The van der Waals surface area contributed by atoms with Gasteiger partial charge < -0.3 is 23.9 Å². The molecule has 0 aliphatic heterocycles. The van der Waals surface area contributed by atoms with Crippen molar-refractivity contribution in [1.29, 1.82) is 0 Å². The van der Waals surface area contributed by atoms with Crippen LogP contribution >= 0.6 is 11.6 Å². The highest BCUT2D eigenvalue weighted by atomic mass is 35.5. The summed E-state index contributed by atoms with van der Waals surface area (Å²) in [6.45, 7) is 7.51. The third kappa shape index (κ3) is 5.61. The number of nitrogens with zero attached hydrogens (tertiary/aromatic N) is 1. The molecule has 0 radical (unpaired) electrons. The largest absolute Gasteiger partial charge is 0.495 e. The van der Waals surface area contributed by atoms with E-state index in [0.29, 0.717) is 34.5 Å². The molecule has 1 unspecified atom stereocenters. The number of methoxy groups -OCH3 is 2. The number of benzene rings is 1. The molecule has 1 N–H and O–H groups in total. The van der Waals surface area contributed by atoms with Crippen LogP contribution in [-0.2, 0) is 4.74 Å². The number of fused-ring (bicyclic) bond motifs is 1. The molecule has 0 amide bonds. The van der Waals surface area contributed by atoms with Crippen molar-refractivity contribution >= 4 is 22.6 Å². The Morgan fingerprint density at radius 2 is 2.06 bits per heavy atom. The zero-order valence-corrected chi connectivity index (χ0v) is 20.4. The minimum Gasteiger partial charge on any atom is -0.495 e. The van der Waals surface area contributed by atoms with Crippen LogP contribution in [0.3, 0.4) is 0 Å². The Labute approximate surface area is 203 Å². The van der Waals surface area contributed by atoms with Gasteiger partial charge in [-0.1, -0.05) is 36.4 Å². The second kappa shape index (κ2) is 11.7. The molecule has 0 aliphatic carbocycles. The van der Waals surface area contributed by atoms with Crippen LogP contribution in [0, 0.1) is 0 Å². The Bertz CT molecular complexity index is 1210. The molecule has 0 saturated carbocycles. The van der Waals surface area contributed by atoms with Gasteiger partial charge in [0.2, 0.25) is 0 Å². The normalized spacial score (nSPS) is 13.4. The van der Waals surface area contributed by atoms with Gasteiger partial charge in [0.25, 0.3) is 0 Å². The first kappa shape index (κ1) is 25.3. The number of pyridine rings is 1. The Morgan fingerprint density at radius 3 is 2.71 bits per heavy atom. The predicted octanol–water partition coefficient (Wildman–Crippen LogP) is 6.64. The molecular formula is C26H28ClFN2O4. The second-order valence-electron chi connectivity index (χ2n) is 7.34. The molecule has 2 heterocycles. The van der Waals surface area contributed by atoms with Gasteiger partial charge in [0.1, 0.15) is 29.9 Å². The van der Waals surface area contributed by atoms with Gasteiger partial charge in [0.05, 0.1) is 19.9 Å². The molecule has 3 aromatic rings. The smallest absolute Gasteiger partial charge is 0.167 e. The lowest BCUT2D eigenvalue weighted by Gasteiger charge is -2.21. The van der Waals surface area contributed by atoms with Gasteiger partial charge in [-0.15, -0.1) is 0 Å². The fourth-order valence-corrected chi connectivity index (χ4v) is 3.65. The van der Waals surface area contributed by atoms with Gasteiger partial charge in [0.15, 0.2) is 11.5 Å². The van der Waals surface area contributed by atoms with Gasteiger partial charge in [-0.2, -0.15) is 0 Å². The van der Waals surface area contributed by atoms with E-state index in [2.05, 4.69) is 16.5 Å². The van der Waals surface area contributed by atoms with Crippen molar-refractivity contribution in [3.05, 3.63) is 82.9 Å². The number of para-hydroxylation sites is 1. The van der Waals surface area contributed by atoms with Crippen molar-refractivity contribution in [2.24, 2.45) is 0 Å². The van der Waals surface area contributed by atoms with E-state index >= 15 is 0 Å². The van der Waals surface area contributed by atoms with E-state index in [1.807, 2.05) is 31.3 Å². The van der Waals surface area contributed by atoms with Crippen LogP contribution in [0.2, 0.25) is 0 Å². The first-order valence-corrected chi connectivity index (χ1v) is 11.1. The van der Waals surface area contributed by atoms with Crippen molar-refractivity contribution in [1.82, 2.24) is 9.97 Å². The highest BCUT2D eigenvalue weighted by Crippen LogP contribution is 2.41. The summed E-state index contributed by atoms with van der Waals surface area (Å²) in [5.74, 6) is 1.09. The minimum absolute atomic E-state index is 0.0502. The fraction of sp³-hybridized carbons (Fsp3) is 0.269. The van der Waals surface area contributed by atoms with Gasteiger partial charge in [-0.05, 0) is 32.1 Å². The van der Waals surface area contributed by atoms with E-state index in [1.165, 1.54) is 12.2 Å². The summed E-state index contributed by atoms with van der Waals surface area (Å²) in [4.78, 5) is 7.57. The molecule has 0 aliphatic rings. The number of rotatable bonds is 11. The standard InChI is InChI=1S/C26H28ClFN2O4/c1-6-17(22(28)11-16(3)27)15-34-23-10-8-9-19(25(23)33-7-2)24(32-5)21-14-30-26-20(21)12-18(31-4)13-29-26/h6,8-14,24H,1,7,15H2,2-5H3,(H,29,30)/b16-11+,22-17-. The van der Waals surface area contributed by atoms with E-state index in [1.54, 1.807) is 33.4 Å². The molecule has 1 atom stereocenters. The first-order valence-electron chi connectivity index (χ1n) is 10.7. The maximum atomic E-state index is 14.4. The van der Waals surface area contributed by atoms with Gasteiger partial charge in [-0.25, -0.2) is 9.37 Å². The molecular weight excluding hydrogens is 459 g/mol. The number of hydrogen-bond acceptors (Lipinski definition) is 5. The molecule has 0 spiro atoms. The van der Waals surface area contributed by atoms with Gasteiger partial charge >= 0.3 is 0 Å². The zero-order valence-electron chi connectivity index (χ0n) is 19.7. The third-order valence-electron chi connectivity index (χ3n) is 5.13. The van der Waals surface area contributed by atoms with E-state index in [9.17, 15) is 4.39 Å². The van der Waals surface area contributed by atoms with Crippen molar-refractivity contribution in [3.63, 3.8) is 0 Å². The molecule has 0 fully saturated rings. The highest BCUT2D eigenvalue weighted by molar-refractivity contribution is 6.29. The number of aromatic amines is 1. The monoisotopic (exact) mass is 486 g/mol. The highest BCUT2D eigenvalue weighted by Gasteiger charge is 2.24. The van der Waals surface area contributed by atoms with Crippen LogP contribution in [0.25, 0.3) is 11.0 Å². The number of allylic oxidation sites excluding steroid dienone is 3. The van der Waals surface area contributed by atoms with Crippen molar-refractivity contribution in [2.75, 3.05) is 27.4 Å².